The van der Waals surface area contributed by atoms with Gasteiger partial charge in [-0.3, -0.25) is 4.57 Å². The Kier molecular flexibility index (Phi) is 8.73. The van der Waals surface area contributed by atoms with Crippen molar-refractivity contribution in [2.75, 3.05) is 12.4 Å². The number of aryl methyl sites for hydroxylation is 1. The Balaban J connectivity index is 1.81. The van der Waals surface area contributed by atoms with Crippen LogP contribution in [0.25, 0.3) is 5.69 Å². The maximum Gasteiger partial charge on any atom is 0.397 e. The number of aromatic nitrogens is 4. The van der Waals surface area contributed by atoms with Gasteiger partial charge in [-0.1, -0.05) is 33.0 Å². The van der Waals surface area contributed by atoms with E-state index >= 15 is 0 Å². The minimum absolute atomic E-state index is 0.0385. The van der Waals surface area contributed by atoms with Gasteiger partial charge in [0.05, 0.1) is 11.4 Å². The van der Waals surface area contributed by atoms with Gasteiger partial charge in [0.1, 0.15) is 18.4 Å². The van der Waals surface area contributed by atoms with Crippen LogP contribution in [0.3, 0.4) is 0 Å². The van der Waals surface area contributed by atoms with Gasteiger partial charge in [0.15, 0.2) is 5.82 Å². The van der Waals surface area contributed by atoms with E-state index in [9.17, 15) is 13.2 Å². The lowest BCUT2D eigenvalue weighted by atomic mass is 9.93. The monoisotopic (exact) mass is 515 g/mol. The first-order valence-corrected chi connectivity index (χ1v) is 16.5. The van der Waals surface area contributed by atoms with E-state index in [4.69, 9.17) is 4.74 Å². The van der Waals surface area contributed by atoms with Gasteiger partial charge in [-0.05, 0) is 44.5 Å². The average Bonchev–Trinajstić information content (AvgIpc) is 3.44. The lowest BCUT2D eigenvalue weighted by molar-refractivity contribution is -0.105. The van der Waals surface area contributed by atoms with Crippen LogP contribution in [0.2, 0.25) is 25.7 Å². The van der Waals surface area contributed by atoms with Crippen molar-refractivity contribution in [2.24, 2.45) is 10.9 Å². The Morgan fingerprint density at radius 1 is 1.26 bits per heavy atom. The molecule has 190 valence electrons. The van der Waals surface area contributed by atoms with Crippen molar-refractivity contribution >= 4 is 32.4 Å². The fourth-order valence-corrected chi connectivity index (χ4v) is 6.46. The molecule has 34 heavy (non-hydrogen) atoms. The summed E-state index contributed by atoms with van der Waals surface area (Å²) in [6, 6.07) is 3.04. The third kappa shape index (κ3) is 6.75. The Morgan fingerprint density at radius 3 is 2.62 bits per heavy atom. The van der Waals surface area contributed by atoms with E-state index in [1.165, 1.54) is 0 Å². The number of aliphatic imine (C=N–C) groups is 1. The van der Waals surface area contributed by atoms with Crippen LogP contribution in [0.5, 0.6) is 0 Å². The fraction of sp³-hybridized carbons (Fsp3) is 0.696. The van der Waals surface area contributed by atoms with Gasteiger partial charge in [-0.15, -0.1) is 22.0 Å². The predicted octanol–water partition coefficient (Wildman–Crippen LogP) is 6.59. The number of hydrogen-bond acceptors (Lipinski definition) is 5. The van der Waals surface area contributed by atoms with E-state index in [1.807, 2.05) is 28.3 Å². The van der Waals surface area contributed by atoms with Gasteiger partial charge in [0.2, 0.25) is 0 Å². The van der Waals surface area contributed by atoms with E-state index < -0.39 is 20.0 Å². The predicted molar refractivity (Wildman–Crippen MR) is 135 cm³/mol. The Morgan fingerprint density at radius 2 is 2.00 bits per heavy atom. The maximum atomic E-state index is 12.8. The van der Waals surface area contributed by atoms with Crippen molar-refractivity contribution in [1.82, 2.24) is 19.3 Å². The minimum atomic E-state index is -4.15. The van der Waals surface area contributed by atoms with Gasteiger partial charge < -0.3 is 9.30 Å². The highest BCUT2D eigenvalue weighted by atomic mass is 32.2. The lowest BCUT2D eigenvalue weighted by Gasteiger charge is -2.19. The summed E-state index contributed by atoms with van der Waals surface area (Å²) in [4.78, 5) is 4.27. The standard InChI is InChI=1S/C23H36F3N5OSSi/c1-7-17-12-18(33-14-23(24,25)26)13-19(17)21-29-28-16(2)31(21)20-8-9-30(22(20)27-3)15-32-10-11-34(4,5)6/h8-9,17-19H,3,7,10-15H2,1-2,4-6H3. The zero-order valence-corrected chi connectivity index (χ0v) is 22.5. The average molecular weight is 516 g/mol. The number of ether oxygens (including phenoxy) is 1. The first-order chi connectivity index (χ1) is 15.9. The van der Waals surface area contributed by atoms with Gasteiger partial charge in [-0.25, -0.2) is 4.99 Å². The van der Waals surface area contributed by atoms with Crippen LogP contribution in [-0.4, -0.2) is 57.9 Å². The first-order valence-electron chi connectivity index (χ1n) is 11.8. The van der Waals surface area contributed by atoms with E-state index in [1.54, 1.807) is 0 Å². The molecule has 3 unspecified atom stereocenters. The quantitative estimate of drug-likeness (QED) is 0.192. The van der Waals surface area contributed by atoms with E-state index in [0.717, 1.165) is 48.0 Å². The van der Waals surface area contributed by atoms with Crippen molar-refractivity contribution < 1.29 is 17.9 Å². The van der Waals surface area contributed by atoms with Crippen LogP contribution < -0.4 is 0 Å². The minimum Gasteiger partial charge on any atom is -0.361 e. The first kappa shape index (κ1) is 27.0. The number of thioether (sulfide) groups is 1. The SMILES string of the molecule is C=Nc1c(-n2c(C)nnc2C2CC(SCC(F)(F)F)CC2CC)ccn1COCC[Si](C)(C)C. The van der Waals surface area contributed by atoms with E-state index in [2.05, 4.69) is 48.5 Å². The molecule has 0 amide bonds. The molecule has 2 heterocycles. The molecular weight excluding hydrogens is 479 g/mol. The summed E-state index contributed by atoms with van der Waals surface area (Å²) in [5.74, 6) is 1.69. The second kappa shape index (κ2) is 11.0. The van der Waals surface area contributed by atoms with Crippen molar-refractivity contribution in [3.8, 4) is 5.69 Å². The van der Waals surface area contributed by atoms with Crippen molar-refractivity contribution in [1.29, 1.82) is 0 Å². The van der Waals surface area contributed by atoms with Crippen LogP contribution in [-0.2, 0) is 11.5 Å². The van der Waals surface area contributed by atoms with Crippen LogP contribution in [0, 0.1) is 12.8 Å². The molecular formula is C23H36F3N5OSSi. The highest BCUT2D eigenvalue weighted by Gasteiger charge is 2.40. The third-order valence-electron chi connectivity index (χ3n) is 6.37. The van der Waals surface area contributed by atoms with Crippen molar-refractivity contribution in [3.63, 3.8) is 0 Å². The highest BCUT2D eigenvalue weighted by Crippen LogP contribution is 2.47. The van der Waals surface area contributed by atoms with Crippen LogP contribution >= 0.6 is 11.8 Å². The molecule has 0 radical (unpaired) electrons. The second-order valence-corrected chi connectivity index (χ2v) is 17.1. The molecule has 1 aliphatic carbocycles. The molecule has 0 saturated heterocycles. The summed E-state index contributed by atoms with van der Waals surface area (Å²) in [6.07, 6.45) is 0.0793. The van der Waals surface area contributed by atoms with Gasteiger partial charge in [0.25, 0.3) is 0 Å². The summed E-state index contributed by atoms with van der Waals surface area (Å²) in [7, 11) is -1.17. The van der Waals surface area contributed by atoms with Crippen molar-refractivity contribution in [3.05, 3.63) is 23.9 Å². The van der Waals surface area contributed by atoms with E-state index in [-0.39, 0.29) is 17.1 Å². The Labute approximate surface area is 205 Å². The van der Waals surface area contributed by atoms with Gasteiger partial charge in [-0.2, -0.15) is 13.2 Å². The molecule has 0 bridgehead atoms. The summed E-state index contributed by atoms with van der Waals surface area (Å²) in [5, 5.41) is 8.78. The van der Waals surface area contributed by atoms with Crippen LogP contribution in [0.1, 0.15) is 43.8 Å². The molecule has 11 heteroatoms. The molecule has 1 fully saturated rings. The topological polar surface area (TPSA) is 57.2 Å². The van der Waals surface area contributed by atoms with E-state index in [0.29, 0.717) is 25.6 Å². The normalized spacial score (nSPS) is 21.4. The third-order valence-corrected chi connectivity index (χ3v) is 9.43. The molecule has 1 saturated carbocycles. The van der Waals surface area contributed by atoms with Crippen LogP contribution in [0.4, 0.5) is 19.0 Å². The van der Waals surface area contributed by atoms with Crippen LogP contribution in [0.15, 0.2) is 17.3 Å². The molecule has 0 spiro atoms. The Bertz CT molecular complexity index is 969. The largest absolute Gasteiger partial charge is 0.397 e. The number of nitrogens with zero attached hydrogens (tertiary/aromatic N) is 5. The van der Waals surface area contributed by atoms with Crippen molar-refractivity contribution in [2.45, 2.75) is 82.9 Å². The summed E-state index contributed by atoms with van der Waals surface area (Å²) < 4.78 is 48.2. The number of rotatable bonds is 11. The zero-order chi connectivity index (χ0) is 25.1. The number of alkyl halides is 3. The lowest BCUT2D eigenvalue weighted by Crippen LogP contribution is -2.21. The van der Waals surface area contributed by atoms with Gasteiger partial charge in [0, 0.05) is 32.0 Å². The molecule has 0 N–H and O–H groups in total. The highest BCUT2D eigenvalue weighted by molar-refractivity contribution is 7.99. The summed E-state index contributed by atoms with van der Waals surface area (Å²) in [5.41, 5.74) is 0.822. The summed E-state index contributed by atoms with van der Waals surface area (Å²) in [6.45, 7) is 15.8. The fourth-order valence-electron chi connectivity index (χ4n) is 4.55. The summed E-state index contributed by atoms with van der Waals surface area (Å²) >= 11 is 1.01. The number of hydrogen-bond donors (Lipinski definition) is 0. The molecule has 6 nitrogen and oxygen atoms in total. The number of halogens is 3. The molecule has 2 aromatic rings. The molecule has 3 rings (SSSR count). The molecule has 0 aliphatic heterocycles. The maximum absolute atomic E-state index is 12.8. The smallest absolute Gasteiger partial charge is 0.361 e. The molecule has 3 atom stereocenters. The zero-order valence-electron chi connectivity index (χ0n) is 20.7. The second-order valence-electron chi connectivity index (χ2n) is 10.2. The Hall–Kier alpha value is -1.59. The van der Waals surface area contributed by atoms with Gasteiger partial charge >= 0.3 is 6.18 Å². The molecule has 1 aliphatic rings. The molecule has 2 aromatic heterocycles. The molecule has 0 aromatic carbocycles.